The van der Waals surface area contributed by atoms with Gasteiger partial charge in [0.2, 0.25) is 0 Å². The second-order valence-corrected chi connectivity index (χ2v) is 5.31. The van der Waals surface area contributed by atoms with E-state index >= 15 is 0 Å². The summed E-state index contributed by atoms with van der Waals surface area (Å²) < 4.78 is 10.1. The number of hydrogen-bond donors (Lipinski definition) is 2. The van der Waals surface area contributed by atoms with E-state index in [0.717, 1.165) is 19.1 Å². The minimum Gasteiger partial charge on any atom is -0.394 e. The number of carbonyl (C=O) groups excluding carboxylic acids is 1. The summed E-state index contributed by atoms with van der Waals surface area (Å²) in [5, 5.41) is 16.7. The Morgan fingerprint density at radius 3 is 1.53 bits per heavy atom. The predicted octanol–water partition coefficient (Wildman–Crippen LogP) is 1.41. The van der Waals surface area contributed by atoms with Crippen LogP contribution in [0, 0.1) is 5.41 Å². The van der Waals surface area contributed by atoms with E-state index in [9.17, 15) is 4.79 Å². The van der Waals surface area contributed by atoms with Gasteiger partial charge in [-0.05, 0) is 18.3 Å². The van der Waals surface area contributed by atoms with E-state index in [1.165, 1.54) is 0 Å². The van der Waals surface area contributed by atoms with Gasteiger partial charge in [-0.15, -0.1) is 0 Å². The fraction of sp³-hybridized carbons (Fsp3) is 0.929. The first-order valence-corrected chi connectivity index (χ1v) is 6.78. The van der Waals surface area contributed by atoms with Crippen molar-refractivity contribution in [1.82, 2.24) is 0 Å². The van der Waals surface area contributed by atoms with E-state index in [2.05, 4.69) is 0 Å². The maximum Gasteiger partial charge on any atom is 0.120 e. The second-order valence-electron chi connectivity index (χ2n) is 5.31. The first-order valence-electron chi connectivity index (χ1n) is 6.78. The summed E-state index contributed by atoms with van der Waals surface area (Å²) in [7, 11) is 0. The Bertz CT molecular complexity index is 167. The van der Waals surface area contributed by atoms with E-state index < -0.39 is 0 Å². The van der Waals surface area contributed by atoms with Crippen molar-refractivity contribution in [1.29, 1.82) is 0 Å². The zero-order chi connectivity index (χ0) is 15.0. The summed E-state index contributed by atoms with van der Waals surface area (Å²) in [6.07, 6.45) is 3.49. The Balaban J connectivity index is 0. The van der Waals surface area contributed by atoms with Crippen LogP contribution in [0.2, 0.25) is 0 Å². The maximum atomic E-state index is 9.82. The fourth-order valence-electron chi connectivity index (χ4n) is 0.991. The molecule has 116 valence electrons. The Morgan fingerprint density at radius 1 is 0.895 bits per heavy atom. The van der Waals surface area contributed by atoms with Crippen molar-refractivity contribution in [3.8, 4) is 0 Å². The van der Waals surface area contributed by atoms with Crippen LogP contribution in [0.25, 0.3) is 0 Å². The lowest BCUT2D eigenvalue weighted by atomic mass is 9.93. The predicted molar refractivity (Wildman–Crippen MR) is 75.2 cm³/mol. The van der Waals surface area contributed by atoms with Crippen LogP contribution in [0.15, 0.2) is 0 Å². The Hall–Kier alpha value is -0.490. The molecule has 19 heavy (non-hydrogen) atoms. The van der Waals surface area contributed by atoms with Gasteiger partial charge in [-0.1, -0.05) is 20.8 Å². The van der Waals surface area contributed by atoms with Crippen LogP contribution in [0.4, 0.5) is 0 Å². The third kappa shape index (κ3) is 26.9. The lowest BCUT2D eigenvalue weighted by Crippen LogP contribution is -2.04. The molecule has 0 amide bonds. The van der Waals surface area contributed by atoms with Gasteiger partial charge in [0, 0.05) is 19.6 Å². The molecular formula is C14H30O5. The highest BCUT2D eigenvalue weighted by molar-refractivity contribution is 5.50. The molecule has 0 aliphatic rings. The molecule has 0 spiro atoms. The summed E-state index contributed by atoms with van der Waals surface area (Å²) in [6, 6.07) is 0. The smallest absolute Gasteiger partial charge is 0.120 e. The van der Waals surface area contributed by atoms with Crippen LogP contribution in [0.5, 0.6) is 0 Å². The summed E-state index contributed by atoms with van der Waals surface area (Å²) in [4.78, 5) is 9.82. The highest BCUT2D eigenvalue weighted by atomic mass is 16.5. The Kier molecular flexibility index (Phi) is 17.1. The van der Waals surface area contributed by atoms with Crippen molar-refractivity contribution in [3.63, 3.8) is 0 Å². The second kappa shape index (κ2) is 15.6. The van der Waals surface area contributed by atoms with Gasteiger partial charge >= 0.3 is 0 Å². The van der Waals surface area contributed by atoms with Gasteiger partial charge in [-0.3, -0.25) is 0 Å². The Morgan fingerprint density at radius 2 is 1.32 bits per heavy atom. The van der Waals surface area contributed by atoms with Gasteiger partial charge in [0.05, 0.1) is 26.4 Å². The first-order chi connectivity index (χ1) is 8.97. The number of carbonyl (C=O) groups is 1. The third-order valence-electron chi connectivity index (χ3n) is 1.99. The average molecular weight is 278 g/mol. The molecule has 0 heterocycles. The van der Waals surface area contributed by atoms with E-state index in [1.54, 1.807) is 0 Å². The van der Waals surface area contributed by atoms with E-state index in [0.29, 0.717) is 32.8 Å². The average Bonchev–Trinajstić information content (AvgIpc) is 2.32. The van der Waals surface area contributed by atoms with Crippen LogP contribution in [-0.4, -0.2) is 56.1 Å². The van der Waals surface area contributed by atoms with Crippen molar-refractivity contribution < 1.29 is 24.5 Å². The molecule has 0 bridgehead atoms. The number of unbranched alkanes of at least 4 members (excludes halogenated alkanes) is 1. The molecule has 0 fully saturated rings. The summed E-state index contributed by atoms with van der Waals surface area (Å²) >= 11 is 0. The van der Waals surface area contributed by atoms with Gasteiger partial charge in [-0.2, -0.15) is 0 Å². The van der Waals surface area contributed by atoms with Crippen molar-refractivity contribution in [2.45, 2.75) is 40.0 Å². The van der Waals surface area contributed by atoms with Crippen molar-refractivity contribution in [2.75, 3.05) is 39.6 Å². The van der Waals surface area contributed by atoms with Crippen molar-refractivity contribution >= 4 is 6.29 Å². The first kappa shape index (κ1) is 20.8. The van der Waals surface area contributed by atoms with Crippen molar-refractivity contribution in [3.05, 3.63) is 0 Å². The molecule has 5 heteroatoms. The van der Waals surface area contributed by atoms with Gasteiger partial charge in [0.25, 0.3) is 0 Å². The molecule has 0 atom stereocenters. The molecular weight excluding hydrogens is 248 g/mol. The topological polar surface area (TPSA) is 76.0 Å². The van der Waals surface area contributed by atoms with E-state index in [-0.39, 0.29) is 18.6 Å². The van der Waals surface area contributed by atoms with E-state index in [1.807, 2.05) is 20.8 Å². The number of hydrogen-bond acceptors (Lipinski definition) is 5. The summed E-state index contributed by atoms with van der Waals surface area (Å²) in [5.41, 5.74) is 0.182. The highest BCUT2D eigenvalue weighted by Gasteiger charge is 2.06. The SMILES string of the molecule is CC(C)(C)CC=O.OCCOCCCCOCCO. The van der Waals surface area contributed by atoms with Crippen LogP contribution in [0.1, 0.15) is 40.0 Å². The van der Waals surface area contributed by atoms with Crippen LogP contribution < -0.4 is 0 Å². The van der Waals surface area contributed by atoms with E-state index in [4.69, 9.17) is 19.7 Å². The molecule has 5 nitrogen and oxygen atoms in total. The number of aldehydes is 1. The molecule has 0 saturated heterocycles. The summed E-state index contributed by atoms with van der Waals surface area (Å²) in [5.74, 6) is 0. The molecule has 0 aromatic heterocycles. The van der Waals surface area contributed by atoms with Gasteiger partial charge < -0.3 is 24.5 Å². The normalized spacial score (nSPS) is 10.8. The van der Waals surface area contributed by atoms with Gasteiger partial charge in [0.15, 0.2) is 0 Å². The fourth-order valence-corrected chi connectivity index (χ4v) is 0.991. The van der Waals surface area contributed by atoms with Crippen molar-refractivity contribution in [2.24, 2.45) is 5.41 Å². The minimum atomic E-state index is 0.0843. The largest absolute Gasteiger partial charge is 0.394 e. The molecule has 0 unspecified atom stereocenters. The van der Waals surface area contributed by atoms with Gasteiger partial charge in [-0.25, -0.2) is 0 Å². The number of aliphatic hydroxyl groups excluding tert-OH is 2. The molecule has 0 aromatic rings. The lowest BCUT2D eigenvalue weighted by Gasteiger charge is -2.11. The zero-order valence-electron chi connectivity index (χ0n) is 12.6. The van der Waals surface area contributed by atoms with Crippen LogP contribution in [0.3, 0.4) is 0 Å². The molecule has 0 radical (unpaired) electrons. The molecule has 0 aromatic carbocycles. The van der Waals surface area contributed by atoms with Crippen LogP contribution >= 0.6 is 0 Å². The Labute approximate surface area is 116 Å². The quantitative estimate of drug-likeness (QED) is 0.467. The third-order valence-corrected chi connectivity index (χ3v) is 1.99. The monoisotopic (exact) mass is 278 g/mol. The molecule has 0 aliphatic carbocycles. The zero-order valence-corrected chi connectivity index (χ0v) is 12.6. The number of aliphatic hydroxyl groups is 2. The van der Waals surface area contributed by atoms with Crippen LogP contribution in [-0.2, 0) is 14.3 Å². The number of rotatable bonds is 10. The lowest BCUT2D eigenvalue weighted by molar-refractivity contribution is -0.109. The molecule has 0 aliphatic heterocycles. The molecule has 0 rings (SSSR count). The summed E-state index contributed by atoms with van der Waals surface area (Å²) in [6.45, 7) is 8.47. The maximum absolute atomic E-state index is 9.82. The number of ether oxygens (including phenoxy) is 2. The standard InChI is InChI=1S/C8H18O4.C6H12O/c9-3-7-11-5-1-2-6-12-8-4-10;1-6(2,3)4-5-7/h9-10H,1-8H2;5H,4H2,1-3H3. The highest BCUT2D eigenvalue weighted by Crippen LogP contribution is 2.15. The molecule has 2 N–H and O–H groups in total. The molecule has 0 saturated carbocycles. The minimum absolute atomic E-state index is 0.0843. The van der Waals surface area contributed by atoms with Gasteiger partial charge in [0.1, 0.15) is 6.29 Å².